The lowest BCUT2D eigenvalue weighted by atomic mass is 9.95. The molecule has 0 aliphatic heterocycles. The van der Waals surface area contributed by atoms with Gasteiger partial charge in [0.1, 0.15) is 12.6 Å². The Morgan fingerprint density at radius 3 is 2.21 bits per heavy atom. The van der Waals surface area contributed by atoms with E-state index in [9.17, 15) is 28.1 Å². The second-order valence-electron chi connectivity index (χ2n) is 10.2. The summed E-state index contributed by atoms with van der Waals surface area (Å²) in [5.74, 6) is -0.978. The van der Waals surface area contributed by atoms with Gasteiger partial charge in [0.15, 0.2) is 0 Å². The van der Waals surface area contributed by atoms with Gasteiger partial charge in [0.25, 0.3) is 15.7 Å². The summed E-state index contributed by atoms with van der Waals surface area (Å²) in [6.07, 6.45) is 4.88. The van der Waals surface area contributed by atoms with Gasteiger partial charge in [-0.3, -0.25) is 24.0 Å². The summed E-state index contributed by atoms with van der Waals surface area (Å²) in [5.41, 5.74) is 0.433. The van der Waals surface area contributed by atoms with Crippen molar-refractivity contribution in [3.63, 3.8) is 0 Å². The molecule has 0 spiro atoms. The van der Waals surface area contributed by atoms with Gasteiger partial charge in [-0.05, 0) is 55.7 Å². The number of hydrogen-bond acceptors (Lipinski definition) is 6. The number of amides is 2. The van der Waals surface area contributed by atoms with E-state index in [2.05, 4.69) is 5.32 Å². The predicted molar refractivity (Wildman–Crippen MR) is 161 cm³/mol. The molecule has 3 aromatic carbocycles. The summed E-state index contributed by atoms with van der Waals surface area (Å²) in [7, 11) is -4.28. The second-order valence-corrected chi connectivity index (χ2v) is 12.5. The quantitative estimate of drug-likeness (QED) is 0.231. The maximum Gasteiger partial charge on any atom is 0.269 e. The molecule has 1 aliphatic carbocycles. The molecule has 12 heteroatoms. The van der Waals surface area contributed by atoms with Crippen LogP contribution in [0.2, 0.25) is 5.02 Å². The highest BCUT2D eigenvalue weighted by molar-refractivity contribution is 7.92. The minimum atomic E-state index is -4.28. The zero-order chi connectivity index (χ0) is 30.3. The van der Waals surface area contributed by atoms with Crippen LogP contribution >= 0.6 is 11.6 Å². The fraction of sp³-hybridized carbons (Fsp3) is 0.333. The van der Waals surface area contributed by atoms with Crippen LogP contribution in [0.3, 0.4) is 0 Å². The van der Waals surface area contributed by atoms with Crippen molar-refractivity contribution >= 4 is 44.8 Å². The Labute approximate surface area is 250 Å². The highest BCUT2D eigenvalue weighted by Crippen LogP contribution is 2.27. The smallest absolute Gasteiger partial charge is 0.269 e. The monoisotopic (exact) mass is 612 g/mol. The van der Waals surface area contributed by atoms with E-state index in [1.807, 2.05) is 0 Å². The molecule has 222 valence electrons. The number of carbonyl (C=O) groups excluding carboxylic acids is 2. The number of anilines is 1. The lowest BCUT2D eigenvalue weighted by Crippen LogP contribution is -2.53. The molecular formula is C30H33ClN4O6S. The third-order valence-electron chi connectivity index (χ3n) is 7.38. The van der Waals surface area contributed by atoms with Gasteiger partial charge in [-0.2, -0.15) is 0 Å². The molecule has 1 N–H and O–H groups in total. The Kier molecular flexibility index (Phi) is 10.2. The van der Waals surface area contributed by atoms with Crippen molar-refractivity contribution in [1.29, 1.82) is 0 Å². The average Bonchev–Trinajstić information content (AvgIpc) is 3.00. The molecule has 10 nitrogen and oxygen atoms in total. The molecule has 2 amide bonds. The first-order valence-electron chi connectivity index (χ1n) is 13.7. The molecule has 1 aliphatic rings. The van der Waals surface area contributed by atoms with Gasteiger partial charge in [0.2, 0.25) is 11.8 Å². The number of sulfonamides is 1. The first-order chi connectivity index (χ1) is 20.1. The second kappa shape index (κ2) is 13.8. The van der Waals surface area contributed by atoms with Crippen LogP contribution in [-0.4, -0.2) is 48.7 Å². The molecule has 3 aromatic rings. The SMILES string of the molecule is C[C@H](C(=O)NC1CCCCC1)N(Cc1ccccc1Cl)C(=O)CN(c1ccc([N+](=O)[O-])cc1)S(=O)(=O)c1ccccc1. The summed E-state index contributed by atoms with van der Waals surface area (Å²) in [6, 6.07) is 18.5. The number of hydrogen-bond donors (Lipinski definition) is 1. The van der Waals surface area contributed by atoms with E-state index in [0.717, 1.165) is 36.4 Å². The Hall–Kier alpha value is -3.96. The van der Waals surface area contributed by atoms with Crippen molar-refractivity contribution in [2.75, 3.05) is 10.8 Å². The third-order valence-corrected chi connectivity index (χ3v) is 9.53. The Morgan fingerprint density at radius 2 is 1.60 bits per heavy atom. The average molecular weight is 613 g/mol. The van der Waals surface area contributed by atoms with E-state index in [-0.39, 0.29) is 34.8 Å². The lowest BCUT2D eigenvalue weighted by molar-refractivity contribution is -0.384. The van der Waals surface area contributed by atoms with Crippen LogP contribution < -0.4 is 9.62 Å². The van der Waals surface area contributed by atoms with Crippen LogP contribution in [0.5, 0.6) is 0 Å². The summed E-state index contributed by atoms with van der Waals surface area (Å²) in [5, 5.41) is 14.7. The van der Waals surface area contributed by atoms with Gasteiger partial charge in [0, 0.05) is 29.7 Å². The number of non-ortho nitro benzene ring substituents is 1. The van der Waals surface area contributed by atoms with E-state index in [1.54, 1.807) is 49.4 Å². The van der Waals surface area contributed by atoms with Crippen molar-refractivity contribution in [2.24, 2.45) is 0 Å². The van der Waals surface area contributed by atoms with E-state index < -0.39 is 33.4 Å². The third kappa shape index (κ3) is 7.46. The number of rotatable bonds is 11. The largest absolute Gasteiger partial charge is 0.352 e. The molecule has 0 radical (unpaired) electrons. The van der Waals surface area contributed by atoms with Crippen LogP contribution in [0.15, 0.2) is 83.8 Å². The molecule has 0 saturated heterocycles. The minimum absolute atomic E-state index is 0.0148. The van der Waals surface area contributed by atoms with Crippen molar-refractivity contribution < 1.29 is 22.9 Å². The maximum atomic E-state index is 14.0. The van der Waals surface area contributed by atoms with Gasteiger partial charge < -0.3 is 10.2 Å². The number of nitro benzene ring substituents is 1. The molecule has 0 bridgehead atoms. The molecule has 4 rings (SSSR count). The molecular weight excluding hydrogens is 580 g/mol. The Balaban J connectivity index is 1.69. The fourth-order valence-electron chi connectivity index (χ4n) is 4.95. The zero-order valence-electron chi connectivity index (χ0n) is 23.2. The summed E-state index contributed by atoms with van der Waals surface area (Å²) in [6.45, 7) is 0.923. The molecule has 0 heterocycles. The highest BCUT2D eigenvalue weighted by Gasteiger charge is 2.33. The van der Waals surface area contributed by atoms with Gasteiger partial charge in [0.05, 0.1) is 15.5 Å². The predicted octanol–water partition coefficient (Wildman–Crippen LogP) is 5.31. The van der Waals surface area contributed by atoms with E-state index in [0.29, 0.717) is 10.6 Å². The number of carbonyl (C=O) groups is 2. The number of nitro groups is 1. The van der Waals surface area contributed by atoms with Crippen molar-refractivity contribution in [2.45, 2.75) is 62.6 Å². The van der Waals surface area contributed by atoms with Crippen LogP contribution in [0.1, 0.15) is 44.6 Å². The molecule has 0 unspecified atom stereocenters. The van der Waals surface area contributed by atoms with Gasteiger partial charge in [-0.1, -0.05) is 67.3 Å². The molecule has 42 heavy (non-hydrogen) atoms. The normalized spacial score (nSPS) is 14.5. The van der Waals surface area contributed by atoms with Gasteiger partial charge in [-0.25, -0.2) is 8.42 Å². The van der Waals surface area contributed by atoms with E-state index >= 15 is 0 Å². The fourth-order valence-corrected chi connectivity index (χ4v) is 6.58. The van der Waals surface area contributed by atoms with Crippen molar-refractivity contribution in [1.82, 2.24) is 10.2 Å². The zero-order valence-corrected chi connectivity index (χ0v) is 24.8. The standard InChI is InChI=1S/C30H33ClN4O6S/c1-22(30(37)32-24-11-4-2-5-12-24)33(20-23-10-8-9-15-28(23)31)29(36)21-34(25-16-18-26(19-17-25)35(38)39)42(40,41)27-13-6-3-7-14-27/h3,6-10,13-19,22,24H,2,4-5,11-12,20-21H2,1H3,(H,32,37)/t22-/m1/s1. The lowest BCUT2D eigenvalue weighted by Gasteiger charge is -2.33. The van der Waals surface area contributed by atoms with Crippen molar-refractivity contribution in [3.8, 4) is 0 Å². The Bertz CT molecular complexity index is 1510. The minimum Gasteiger partial charge on any atom is -0.352 e. The van der Waals surface area contributed by atoms with E-state index in [4.69, 9.17) is 11.6 Å². The first kappa shape index (κ1) is 31.0. The summed E-state index contributed by atoms with van der Waals surface area (Å²) < 4.78 is 28.5. The number of benzene rings is 3. The number of nitrogens with zero attached hydrogens (tertiary/aromatic N) is 3. The van der Waals surface area contributed by atoms with Crippen LogP contribution in [-0.2, 0) is 26.2 Å². The molecule has 1 fully saturated rings. The van der Waals surface area contributed by atoms with Crippen molar-refractivity contribution in [3.05, 3.63) is 99.6 Å². The number of halogens is 1. The molecule has 1 saturated carbocycles. The van der Waals surface area contributed by atoms with Gasteiger partial charge in [-0.15, -0.1) is 0 Å². The van der Waals surface area contributed by atoms with Gasteiger partial charge >= 0.3 is 0 Å². The molecule has 0 aromatic heterocycles. The van der Waals surface area contributed by atoms with E-state index in [1.165, 1.54) is 41.3 Å². The first-order valence-corrected chi connectivity index (χ1v) is 15.5. The number of nitrogens with one attached hydrogen (secondary N) is 1. The van der Waals surface area contributed by atoms with Crippen LogP contribution in [0, 0.1) is 10.1 Å². The topological polar surface area (TPSA) is 130 Å². The molecule has 1 atom stereocenters. The highest BCUT2D eigenvalue weighted by atomic mass is 35.5. The van der Waals surface area contributed by atoms with Crippen LogP contribution in [0.25, 0.3) is 0 Å². The Morgan fingerprint density at radius 1 is 0.976 bits per heavy atom. The maximum absolute atomic E-state index is 14.0. The summed E-state index contributed by atoms with van der Waals surface area (Å²) >= 11 is 6.41. The van der Waals surface area contributed by atoms with Crippen LogP contribution in [0.4, 0.5) is 11.4 Å². The summed E-state index contributed by atoms with van der Waals surface area (Å²) in [4.78, 5) is 39.3.